The van der Waals surface area contributed by atoms with E-state index in [-0.39, 0.29) is 18.0 Å². The summed E-state index contributed by atoms with van der Waals surface area (Å²) in [6.07, 6.45) is 2.43. The van der Waals surface area contributed by atoms with Gasteiger partial charge in [0.15, 0.2) is 0 Å². The summed E-state index contributed by atoms with van der Waals surface area (Å²) in [5, 5.41) is 3.23. The number of halogens is 1. The Kier molecular flexibility index (Phi) is 4.03. The summed E-state index contributed by atoms with van der Waals surface area (Å²) in [6, 6.07) is 3.57. The van der Waals surface area contributed by atoms with E-state index in [2.05, 4.69) is 5.32 Å². The second-order valence-corrected chi connectivity index (χ2v) is 5.28. The maximum Gasteiger partial charge on any atom is 0.128 e. The van der Waals surface area contributed by atoms with Crippen LogP contribution in [0.4, 0.5) is 4.39 Å². The minimum Gasteiger partial charge on any atom is -0.379 e. The number of nitrogens with one attached hydrogen (secondary N) is 1. The van der Waals surface area contributed by atoms with Gasteiger partial charge in [-0.3, -0.25) is 0 Å². The molecule has 1 aromatic carbocycles. The van der Waals surface area contributed by atoms with Gasteiger partial charge in [-0.25, -0.2) is 4.39 Å². The molecule has 0 radical (unpaired) electrons. The Hall–Kier alpha value is -0.930. The molecule has 1 N–H and O–H groups in total. The molecule has 18 heavy (non-hydrogen) atoms. The first-order chi connectivity index (χ1) is 8.58. The zero-order valence-electron chi connectivity index (χ0n) is 11.6. The van der Waals surface area contributed by atoms with Crippen molar-refractivity contribution in [1.82, 2.24) is 5.32 Å². The van der Waals surface area contributed by atoms with Crippen LogP contribution in [0.2, 0.25) is 0 Å². The fourth-order valence-electron chi connectivity index (χ4n) is 2.82. The smallest absolute Gasteiger partial charge is 0.128 e. The zero-order chi connectivity index (χ0) is 13.3. The van der Waals surface area contributed by atoms with Crippen LogP contribution in [-0.2, 0) is 4.74 Å². The normalized spacial score (nSPS) is 18.7. The average Bonchev–Trinajstić information content (AvgIpc) is 3.10. The van der Waals surface area contributed by atoms with Gasteiger partial charge in [-0.05, 0) is 56.8 Å². The Balaban J connectivity index is 2.37. The molecule has 100 valence electrons. The lowest BCUT2D eigenvalue weighted by molar-refractivity contribution is 0.0518. The number of ether oxygens (including phenoxy) is 1. The minimum atomic E-state index is -0.130. The average molecular weight is 251 g/mol. The highest BCUT2D eigenvalue weighted by Gasteiger charge is 2.38. The van der Waals surface area contributed by atoms with Crippen molar-refractivity contribution in [3.05, 3.63) is 34.6 Å². The van der Waals surface area contributed by atoms with Gasteiger partial charge in [-0.2, -0.15) is 0 Å². The van der Waals surface area contributed by atoms with Crippen molar-refractivity contribution in [2.45, 2.75) is 38.8 Å². The van der Waals surface area contributed by atoms with Gasteiger partial charge in [-0.1, -0.05) is 6.07 Å². The van der Waals surface area contributed by atoms with Crippen molar-refractivity contribution in [2.24, 2.45) is 5.92 Å². The van der Waals surface area contributed by atoms with Crippen molar-refractivity contribution in [3.8, 4) is 0 Å². The van der Waals surface area contributed by atoms with E-state index in [0.29, 0.717) is 5.92 Å². The van der Waals surface area contributed by atoms with Crippen LogP contribution in [0.1, 0.15) is 35.6 Å². The molecule has 0 amide bonds. The van der Waals surface area contributed by atoms with Crippen LogP contribution in [0.25, 0.3) is 0 Å². The summed E-state index contributed by atoms with van der Waals surface area (Å²) in [5.41, 5.74) is 2.71. The predicted octanol–water partition coefficient (Wildman–Crippen LogP) is 3.13. The third kappa shape index (κ3) is 2.57. The topological polar surface area (TPSA) is 21.3 Å². The molecule has 1 aliphatic carbocycles. The molecular weight excluding hydrogens is 229 g/mol. The molecule has 1 aliphatic rings. The summed E-state index contributed by atoms with van der Waals surface area (Å²) in [7, 11) is 3.59. The second kappa shape index (κ2) is 5.37. The first-order valence-corrected chi connectivity index (χ1v) is 6.55. The molecular formula is C15H22FNO. The minimum absolute atomic E-state index is 0.0610. The summed E-state index contributed by atoms with van der Waals surface area (Å²) in [5.74, 6) is 0.433. The van der Waals surface area contributed by atoms with Crippen LogP contribution >= 0.6 is 0 Å². The second-order valence-electron chi connectivity index (χ2n) is 5.28. The monoisotopic (exact) mass is 251 g/mol. The summed E-state index contributed by atoms with van der Waals surface area (Å²) >= 11 is 0. The van der Waals surface area contributed by atoms with Crippen molar-refractivity contribution in [2.75, 3.05) is 14.2 Å². The molecule has 0 aliphatic heterocycles. The van der Waals surface area contributed by atoms with Gasteiger partial charge in [0.05, 0.1) is 12.1 Å². The van der Waals surface area contributed by atoms with E-state index >= 15 is 0 Å². The lowest BCUT2D eigenvalue weighted by Crippen LogP contribution is -2.34. The van der Waals surface area contributed by atoms with E-state index in [1.165, 1.54) is 12.8 Å². The molecule has 1 fully saturated rings. The molecule has 1 saturated carbocycles. The van der Waals surface area contributed by atoms with Gasteiger partial charge in [0.2, 0.25) is 0 Å². The fourth-order valence-corrected chi connectivity index (χ4v) is 2.82. The first kappa shape index (κ1) is 13.5. The van der Waals surface area contributed by atoms with E-state index in [1.54, 1.807) is 13.2 Å². The van der Waals surface area contributed by atoms with Gasteiger partial charge in [0.1, 0.15) is 5.82 Å². The number of hydrogen-bond acceptors (Lipinski definition) is 2. The molecule has 2 unspecified atom stereocenters. The Morgan fingerprint density at radius 3 is 2.44 bits per heavy atom. The Labute approximate surface area is 109 Å². The van der Waals surface area contributed by atoms with Crippen LogP contribution in [0.3, 0.4) is 0 Å². The third-order valence-electron chi connectivity index (χ3n) is 3.79. The van der Waals surface area contributed by atoms with Crippen LogP contribution in [0.5, 0.6) is 0 Å². The molecule has 0 heterocycles. The highest BCUT2D eigenvalue weighted by atomic mass is 19.1. The summed E-state index contributed by atoms with van der Waals surface area (Å²) < 4.78 is 19.8. The van der Waals surface area contributed by atoms with Gasteiger partial charge in [0, 0.05) is 12.7 Å². The lowest BCUT2D eigenvalue weighted by atomic mass is 9.92. The van der Waals surface area contributed by atoms with Crippen molar-refractivity contribution >= 4 is 0 Å². The van der Waals surface area contributed by atoms with E-state index in [9.17, 15) is 4.39 Å². The van der Waals surface area contributed by atoms with Crippen molar-refractivity contribution in [3.63, 3.8) is 0 Å². The van der Waals surface area contributed by atoms with Crippen LogP contribution < -0.4 is 5.32 Å². The van der Waals surface area contributed by atoms with Crippen molar-refractivity contribution in [1.29, 1.82) is 0 Å². The SMILES string of the molecule is CNC(c1c(C)cc(C)cc1F)C(OC)C1CC1. The Morgan fingerprint density at radius 2 is 2.00 bits per heavy atom. The van der Waals surface area contributed by atoms with Crippen molar-refractivity contribution < 1.29 is 9.13 Å². The van der Waals surface area contributed by atoms with E-state index in [0.717, 1.165) is 16.7 Å². The quantitative estimate of drug-likeness (QED) is 0.868. The first-order valence-electron chi connectivity index (χ1n) is 6.55. The number of rotatable bonds is 5. The molecule has 0 aromatic heterocycles. The predicted molar refractivity (Wildman–Crippen MR) is 71.2 cm³/mol. The van der Waals surface area contributed by atoms with E-state index in [1.807, 2.05) is 27.0 Å². The molecule has 0 saturated heterocycles. The lowest BCUT2D eigenvalue weighted by Gasteiger charge is -2.28. The van der Waals surface area contributed by atoms with E-state index in [4.69, 9.17) is 4.74 Å². The van der Waals surface area contributed by atoms with Gasteiger partial charge in [-0.15, -0.1) is 0 Å². The van der Waals surface area contributed by atoms with Gasteiger partial charge < -0.3 is 10.1 Å². The maximum absolute atomic E-state index is 14.2. The van der Waals surface area contributed by atoms with Gasteiger partial charge >= 0.3 is 0 Å². The largest absolute Gasteiger partial charge is 0.379 e. The molecule has 2 atom stereocenters. The summed E-state index contributed by atoms with van der Waals surface area (Å²) in [4.78, 5) is 0. The van der Waals surface area contributed by atoms with E-state index < -0.39 is 0 Å². The zero-order valence-corrected chi connectivity index (χ0v) is 11.6. The highest BCUT2D eigenvalue weighted by Crippen LogP contribution is 2.40. The molecule has 2 nitrogen and oxygen atoms in total. The highest BCUT2D eigenvalue weighted by molar-refractivity contribution is 5.35. The number of methoxy groups -OCH3 is 1. The maximum atomic E-state index is 14.2. The molecule has 0 bridgehead atoms. The Morgan fingerprint density at radius 1 is 1.33 bits per heavy atom. The number of hydrogen-bond donors (Lipinski definition) is 1. The standard InChI is InChI=1S/C15H22FNO/c1-9-7-10(2)13(12(16)8-9)14(17-3)15(18-4)11-5-6-11/h7-8,11,14-15,17H,5-6H2,1-4H3. The molecule has 3 heteroatoms. The molecule has 1 aromatic rings. The number of likely N-dealkylation sites (N-methyl/N-ethyl adjacent to an activating group) is 1. The third-order valence-corrected chi connectivity index (χ3v) is 3.79. The number of benzene rings is 1. The van der Waals surface area contributed by atoms with Crippen LogP contribution in [0.15, 0.2) is 12.1 Å². The Bertz CT molecular complexity index is 405. The van der Waals surface area contributed by atoms with Crippen LogP contribution in [-0.4, -0.2) is 20.3 Å². The molecule has 2 rings (SSSR count). The molecule has 0 spiro atoms. The number of aryl methyl sites for hydroxylation is 2. The van der Waals surface area contributed by atoms with Gasteiger partial charge in [0.25, 0.3) is 0 Å². The summed E-state index contributed by atoms with van der Waals surface area (Å²) in [6.45, 7) is 3.89. The fraction of sp³-hybridized carbons (Fsp3) is 0.600. The van der Waals surface area contributed by atoms with Crippen LogP contribution in [0, 0.1) is 25.6 Å².